The molecule has 4 aromatic rings. The van der Waals surface area contributed by atoms with E-state index in [1.54, 1.807) is 6.08 Å². The maximum Gasteiger partial charge on any atom is 0.416 e. The van der Waals surface area contributed by atoms with E-state index >= 15 is 0 Å². The molecule has 0 bridgehead atoms. The Balaban J connectivity index is 1.49. The van der Waals surface area contributed by atoms with Crippen LogP contribution >= 0.6 is 0 Å². The summed E-state index contributed by atoms with van der Waals surface area (Å²) in [5.74, 6) is 0.109. The third-order valence-electron chi connectivity index (χ3n) is 5.64. The van der Waals surface area contributed by atoms with Crippen LogP contribution in [0.1, 0.15) is 17.0 Å². The van der Waals surface area contributed by atoms with E-state index in [-0.39, 0.29) is 16.2 Å². The molecule has 0 spiro atoms. The minimum atomic E-state index is -4.53. The molecular formula is C24H17F3N4O3S. The molecule has 0 saturated heterocycles. The van der Waals surface area contributed by atoms with Crippen molar-refractivity contribution in [1.82, 2.24) is 9.55 Å². The Morgan fingerprint density at radius 3 is 2.43 bits per heavy atom. The second-order valence-electron chi connectivity index (χ2n) is 7.92. The van der Waals surface area contributed by atoms with Crippen LogP contribution in [-0.4, -0.2) is 23.9 Å². The molecule has 1 amide bonds. The van der Waals surface area contributed by atoms with Gasteiger partial charge in [-0.1, -0.05) is 12.1 Å². The number of aryl methyl sites for hydroxylation is 1. The van der Waals surface area contributed by atoms with Crippen LogP contribution in [0, 0.1) is 0 Å². The van der Waals surface area contributed by atoms with Crippen LogP contribution in [0.25, 0.3) is 22.7 Å². The van der Waals surface area contributed by atoms with Crippen molar-refractivity contribution in [3.63, 3.8) is 0 Å². The van der Waals surface area contributed by atoms with Crippen molar-refractivity contribution in [2.75, 3.05) is 10.0 Å². The normalized spacial score (nSPS) is 14.9. The molecule has 5 rings (SSSR count). The first-order valence-electron chi connectivity index (χ1n) is 10.3. The number of halogens is 3. The van der Waals surface area contributed by atoms with Crippen molar-refractivity contribution in [1.29, 1.82) is 0 Å². The van der Waals surface area contributed by atoms with E-state index in [1.807, 2.05) is 35.9 Å². The number of carbonyl (C=O) groups excluding carboxylic acids is 1. The maximum atomic E-state index is 12.9. The number of anilines is 2. The highest BCUT2D eigenvalue weighted by molar-refractivity contribution is 7.92. The van der Waals surface area contributed by atoms with Gasteiger partial charge in [-0.2, -0.15) is 13.2 Å². The van der Waals surface area contributed by atoms with Crippen molar-refractivity contribution in [2.24, 2.45) is 7.05 Å². The van der Waals surface area contributed by atoms with Gasteiger partial charge in [0, 0.05) is 24.0 Å². The van der Waals surface area contributed by atoms with Crippen molar-refractivity contribution in [2.45, 2.75) is 11.1 Å². The Morgan fingerprint density at radius 1 is 1.03 bits per heavy atom. The average molecular weight is 498 g/mol. The van der Waals surface area contributed by atoms with E-state index < -0.39 is 27.7 Å². The van der Waals surface area contributed by atoms with Crippen LogP contribution in [0.15, 0.2) is 71.6 Å². The number of hydrogen-bond acceptors (Lipinski definition) is 4. The monoisotopic (exact) mass is 498 g/mol. The van der Waals surface area contributed by atoms with Gasteiger partial charge in [0.15, 0.2) is 0 Å². The Kier molecular flexibility index (Phi) is 5.17. The molecule has 0 saturated carbocycles. The Bertz CT molecular complexity index is 1620. The van der Waals surface area contributed by atoms with E-state index in [2.05, 4.69) is 15.0 Å². The van der Waals surface area contributed by atoms with Crippen molar-refractivity contribution < 1.29 is 26.4 Å². The first-order valence-corrected chi connectivity index (χ1v) is 11.8. The summed E-state index contributed by atoms with van der Waals surface area (Å²) in [5, 5.41) is 2.70. The molecule has 11 heteroatoms. The van der Waals surface area contributed by atoms with Crippen LogP contribution in [0.3, 0.4) is 0 Å². The number of amides is 1. The van der Waals surface area contributed by atoms with E-state index in [1.165, 1.54) is 18.2 Å². The average Bonchev–Trinajstić information content (AvgIpc) is 3.29. The van der Waals surface area contributed by atoms with Gasteiger partial charge < -0.3 is 9.88 Å². The van der Waals surface area contributed by atoms with Gasteiger partial charge in [-0.15, -0.1) is 0 Å². The summed E-state index contributed by atoms with van der Waals surface area (Å²) in [6, 6.07) is 15.2. The van der Waals surface area contributed by atoms with Crippen LogP contribution in [0.2, 0.25) is 0 Å². The second-order valence-corrected chi connectivity index (χ2v) is 9.60. The topological polar surface area (TPSA) is 93.1 Å². The van der Waals surface area contributed by atoms with E-state index in [0.29, 0.717) is 17.1 Å². The lowest BCUT2D eigenvalue weighted by atomic mass is 10.1. The fraction of sp³-hybridized carbons (Fsp3) is 0.0833. The van der Waals surface area contributed by atoms with Crippen LogP contribution < -0.4 is 10.0 Å². The lowest BCUT2D eigenvalue weighted by Gasteiger charge is -2.11. The molecule has 35 heavy (non-hydrogen) atoms. The van der Waals surface area contributed by atoms with Crippen molar-refractivity contribution in [3.8, 4) is 0 Å². The van der Waals surface area contributed by atoms with E-state index in [9.17, 15) is 26.4 Å². The number of rotatable bonds is 4. The predicted molar refractivity (Wildman–Crippen MR) is 126 cm³/mol. The molecule has 0 aliphatic carbocycles. The molecule has 0 radical (unpaired) electrons. The Hall–Kier alpha value is -4.12. The highest BCUT2D eigenvalue weighted by Crippen LogP contribution is 2.36. The summed E-state index contributed by atoms with van der Waals surface area (Å²) in [7, 11) is -2.33. The fourth-order valence-electron chi connectivity index (χ4n) is 3.84. The van der Waals surface area contributed by atoms with E-state index in [4.69, 9.17) is 0 Å². The Labute approximate surface area is 198 Å². The number of para-hydroxylation sites is 2. The van der Waals surface area contributed by atoms with Gasteiger partial charge in [-0.05, 0) is 60.7 Å². The number of sulfonamides is 1. The fourth-order valence-corrected chi connectivity index (χ4v) is 4.93. The molecule has 1 aromatic heterocycles. The van der Waals surface area contributed by atoms with Gasteiger partial charge in [0.05, 0.1) is 27.1 Å². The number of benzene rings is 3. The third-order valence-corrected chi connectivity index (χ3v) is 7.02. The zero-order valence-corrected chi connectivity index (χ0v) is 18.9. The van der Waals surface area contributed by atoms with Gasteiger partial charge in [0.2, 0.25) is 0 Å². The molecule has 0 unspecified atom stereocenters. The summed E-state index contributed by atoms with van der Waals surface area (Å²) in [6.07, 6.45) is -2.94. The van der Waals surface area contributed by atoms with E-state index in [0.717, 1.165) is 35.3 Å². The van der Waals surface area contributed by atoms with Crippen LogP contribution in [-0.2, 0) is 28.0 Å². The Morgan fingerprint density at radius 2 is 1.74 bits per heavy atom. The largest absolute Gasteiger partial charge is 0.416 e. The molecule has 0 atom stereocenters. The molecule has 1 aliphatic rings. The second kappa shape index (κ2) is 7.98. The van der Waals surface area contributed by atoms with Crippen molar-refractivity contribution >= 4 is 50.0 Å². The first kappa shape index (κ1) is 22.7. The molecule has 2 N–H and O–H groups in total. The highest BCUT2D eigenvalue weighted by atomic mass is 32.2. The standard InChI is InChI=1S/C24H17F3N4O3S/c1-31-21-5-3-2-4-20(21)28-22(31)13-18-17-12-16(10-11-19(17)29-23(18)32)35(33,34)30-15-8-6-14(7-9-15)24(25,26)27/h2-13,30H,1H3,(H,29,32). The van der Waals surface area contributed by atoms with Crippen molar-refractivity contribution in [3.05, 3.63) is 83.7 Å². The van der Waals surface area contributed by atoms with Gasteiger partial charge in [-0.25, -0.2) is 13.4 Å². The highest BCUT2D eigenvalue weighted by Gasteiger charge is 2.30. The minimum Gasteiger partial charge on any atom is -0.328 e. The zero-order valence-electron chi connectivity index (χ0n) is 18.1. The third kappa shape index (κ3) is 4.14. The number of alkyl halides is 3. The summed E-state index contributed by atoms with van der Waals surface area (Å²) >= 11 is 0. The van der Waals surface area contributed by atoms with Gasteiger partial charge in [0.25, 0.3) is 15.9 Å². The zero-order chi connectivity index (χ0) is 25.0. The molecular weight excluding hydrogens is 481 g/mol. The van der Waals surface area contributed by atoms with Gasteiger partial charge in [-0.3, -0.25) is 9.52 Å². The summed E-state index contributed by atoms with van der Waals surface area (Å²) < 4.78 is 68.3. The quantitative estimate of drug-likeness (QED) is 0.392. The lowest BCUT2D eigenvalue weighted by Crippen LogP contribution is -2.13. The molecule has 2 heterocycles. The number of nitrogens with zero attached hydrogens (tertiary/aromatic N) is 2. The smallest absolute Gasteiger partial charge is 0.328 e. The molecule has 0 fully saturated rings. The maximum absolute atomic E-state index is 12.9. The van der Waals surface area contributed by atoms with Gasteiger partial charge in [0.1, 0.15) is 5.82 Å². The minimum absolute atomic E-state index is 0.0248. The number of imidazole rings is 1. The number of carbonyl (C=O) groups is 1. The predicted octanol–water partition coefficient (Wildman–Crippen LogP) is 4.89. The number of fused-ring (bicyclic) bond motifs is 2. The molecule has 178 valence electrons. The summed E-state index contributed by atoms with van der Waals surface area (Å²) in [4.78, 5) is 17.0. The van der Waals surface area contributed by atoms with Gasteiger partial charge >= 0.3 is 6.18 Å². The molecule has 3 aromatic carbocycles. The number of aromatic nitrogens is 2. The van der Waals surface area contributed by atoms with Crippen LogP contribution in [0.4, 0.5) is 24.5 Å². The number of nitrogens with one attached hydrogen (secondary N) is 2. The first-order chi connectivity index (χ1) is 16.5. The summed E-state index contributed by atoms with van der Waals surface area (Å²) in [5.41, 5.74) is 1.76. The lowest BCUT2D eigenvalue weighted by molar-refractivity contribution is -0.137. The van der Waals surface area contributed by atoms with Crippen LogP contribution in [0.5, 0.6) is 0 Å². The summed E-state index contributed by atoms with van der Waals surface area (Å²) in [6.45, 7) is 0. The SMILES string of the molecule is Cn1c(C=C2C(=O)Nc3ccc(S(=O)(=O)Nc4ccc(C(F)(F)F)cc4)cc32)nc2ccccc21. The number of hydrogen-bond donors (Lipinski definition) is 2. The molecule has 1 aliphatic heterocycles. The molecule has 7 nitrogen and oxygen atoms in total.